The first-order chi connectivity index (χ1) is 6.65. The molecule has 1 heterocycles. The summed E-state index contributed by atoms with van der Waals surface area (Å²) in [5.74, 6) is -0.217. The van der Waals surface area contributed by atoms with Crippen molar-refractivity contribution in [1.82, 2.24) is 5.32 Å². The molecule has 3 N–H and O–H groups in total. The zero-order valence-corrected chi connectivity index (χ0v) is 7.98. The van der Waals surface area contributed by atoms with Crippen molar-refractivity contribution < 1.29 is 24.5 Å². The highest BCUT2D eigenvalue weighted by Crippen LogP contribution is 2.20. The highest BCUT2D eigenvalue weighted by Gasteiger charge is 2.38. The van der Waals surface area contributed by atoms with Crippen LogP contribution in [0.5, 0.6) is 0 Å². The molecule has 2 atom stereocenters. The molecule has 80 valence electrons. The summed E-state index contributed by atoms with van der Waals surface area (Å²) in [6, 6.07) is -0.743. The second-order valence-electron chi connectivity index (χ2n) is 2.80. The fraction of sp³-hybridized carbons (Fsp3) is 0.625. The number of methoxy groups -OCH3 is 2. The SMILES string of the molecule is COC1=C(OC)[C@@H]([C@@H](O)CO)NC1=O. The van der Waals surface area contributed by atoms with E-state index in [1.807, 2.05) is 0 Å². The topological polar surface area (TPSA) is 88.0 Å². The van der Waals surface area contributed by atoms with Gasteiger partial charge < -0.3 is 25.0 Å². The van der Waals surface area contributed by atoms with Gasteiger partial charge in [-0.3, -0.25) is 4.79 Å². The number of carbonyl (C=O) groups is 1. The minimum Gasteiger partial charge on any atom is -0.495 e. The number of hydrogen-bond acceptors (Lipinski definition) is 5. The predicted octanol–water partition coefficient (Wildman–Crippen LogP) is -1.66. The summed E-state index contributed by atoms with van der Waals surface area (Å²) >= 11 is 0. The van der Waals surface area contributed by atoms with Gasteiger partial charge in [0.1, 0.15) is 12.1 Å². The van der Waals surface area contributed by atoms with Crippen molar-refractivity contribution in [3.05, 3.63) is 11.5 Å². The molecule has 1 rings (SSSR count). The van der Waals surface area contributed by atoms with E-state index in [-0.39, 0.29) is 11.5 Å². The predicted molar refractivity (Wildman–Crippen MR) is 46.1 cm³/mol. The van der Waals surface area contributed by atoms with Crippen LogP contribution in [-0.2, 0) is 14.3 Å². The smallest absolute Gasteiger partial charge is 0.290 e. The second kappa shape index (κ2) is 4.30. The average molecular weight is 203 g/mol. The molecule has 1 amide bonds. The molecule has 1 aliphatic rings. The number of ether oxygens (including phenoxy) is 2. The third kappa shape index (κ3) is 1.66. The summed E-state index contributed by atoms with van der Waals surface area (Å²) in [4.78, 5) is 11.2. The summed E-state index contributed by atoms with van der Waals surface area (Å²) in [6.07, 6.45) is -1.10. The van der Waals surface area contributed by atoms with Gasteiger partial charge in [-0.25, -0.2) is 0 Å². The molecule has 0 fully saturated rings. The molecular weight excluding hydrogens is 190 g/mol. The number of amides is 1. The molecule has 0 unspecified atom stereocenters. The Morgan fingerprint density at radius 2 is 2.14 bits per heavy atom. The minimum atomic E-state index is -1.10. The molecule has 0 aromatic heterocycles. The lowest BCUT2D eigenvalue weighted by atomic mass is 10.1. The largest absolute Gasteiger partial charge is 0.495 e. The van der Waals surface area contributed by atoms with Gasteiger partial charge in [0.15, 0.2) is 5.76 Å². The van der Waals surface area contributed by atoms with Crippen LogP contribution < -0.4 is 5.32 Å². The maximum absolute atomic E-state index is 11.2. The third-order valence-corrected chi connectivity index (χ3v) is 1.99. The maximum Gasteiger partial charge on any atom is 0.290 e. The first kappa shape index (κ1) is 10.8. The van der Waals surface area contributed by atoms with Crippen molar-refractivity contribution in [2.75, 3.05) is 20.8 Å². The van der Waals surface area contributed by atoms with Gasteiger partial charge in [0, 0.05) is 0 Å². The van der Waals surface area contributed by atoms with Crippen molar-refractivity contribution in [3.63, 3.8) is 0 Å². The lowest BCUT2D eigenvalue weighted by molar-refractivity contribution is -0.120. The van der Waals surface area contributed by atoms with Crippen LogP contribution in [0.15, 0.2) is 11.5 Å². The molecule has 6 heteroatoms. The third-order valence-electron chi connectivity index (χ3n) is 1.99. The van der Waals surface area contributed by atoms with Crippen LogP contribution in [-0.4, -0.2) is 49.1 Å². The Bertz CT molecular complexity index is 262. The van der Waals surface area contributed by atoms with Gasteiger partial charge in [-0.2, -0.15) is 0 Å². The van der Waals surface area contributed by atoms with Gasteiger partial charge in [0.2, 0.25) is 5.76 Å². The van der Waals surface area contributed by atoms with Gasteiger partial charge in [-0.1, -0.05) is 0 Å². The summed E-state index contributed by atoms with van der Waals surface area (Å²) < 4.78 is 9.72. The van der Waals surface area contributed by atoms with Crippen molar-refractivity contribution >= 4 is 5.91 Å². The summed E-state index contributed by atoms with van der Waals surface area (Å²) in [6.45, 7) is -0.463. The van der Waals surface area contributed by atoms with Crippen LogP contribution in [0.2, 0.25) is 0 Å². The molecule has 0 aromatic carbocycles. The molecule has 0 radical (unpaired) electrons. The zero-order chi connectivity index (χ0) is 10.7. The van der Waals surface area contributed by atoms with Crippen LogP contribution in [0.1, 0.15) is 0 Å². The molecule has 0 saturated carbocycles. The Morgan fingerprint density at radius 1 is 1.50 bits per heavy atom. The number of carbonyl (C=O) groups excluding carboxylic acids is 1. The summed E-state index contributed by atoms with van der Waals surface area (Å²) in [5.41, 5.74) is 0. The Morgan fingerprint density at radius 3 is 2.57 bits per heavy atom. The Hall–Kier alpha value is -1.27. The molecule has 6 nitrogen and oxygen atoms in total. The molecule has 0 aromatic rings. The first-order valence-electron chi connectivity index (χ1n) is 4.07. The van der Waals surface area contributed by atoms with Crippen LogP contribution in [0.4, 0.5) is 0 Å². The lowest BCUT2D eigenvalue weighted by Gasteiger charge is -2.17. The van der Waals surface area contributed by atoms with Crippen molar-refractivity contribution in [2.45, 2.75) is 12.1 Å². The molecule has 14 heavy (non-hydrogen) atoms. The highest BCUT2D eigenvalue weighted by molar-refractivity contribution is 5.95. The van der Waals surface area contributed by atoms with Gasteiger partial charge in [-0.05, 0) is 0 Å². The van der Waals surface area contributed by atoms with Crippen LogP contribution >= 0.6 is 0 Å². The lowest BCUT2D eigenvalue weighted by Crippen LogP contribution is -2.41. The van der Waals surface area contributed by atoms with E-state index in [1.54, 1.807) is 0 Å². The van der Waals surface area contributed by atoms with Crippen molar-refractivity contribution in [1.29, 1.82) is 0 Å². The van der Waals surface area contributed by atoms with Gasteiger partial charge in [0.25, 0.3) is 5.91 Å². The van der Waals surface area contributed by atoms with E-state index in [4.69, 9.17) is 14.6 Å². The number of aliphatic hydroxyl groups excluding tert-OH is 2. The molecular formula is C8H13NO5. The molecule has 0 saturated heterocycles. The fourth-order valence-corrected chi connectivity index (χ4v) is 1.31. The second-order valence-corrected chi connectivity index (χ2v) is 2.80. The van der Waals surface area contributed by atoms with Gasteiger partial charge >= 0.3 is 0 Å². The highest BCUT2D eigenvalue weighted by atomic mass is 16.5. The van der Waals surface area contributed by atoms with E-state index in [1.165, 1.54) is 14.2 Å². The number of aliphatic hydroxyl groups is 2. The van der Waals surface area contributed by atoms with Crippen LogP contribution in [0.3, 0.4) is 0 Å². The fourth-order valence-electron chi connectivity index (χ4n) is 1.31. The van der Waals surface area contributed by atoms with E-state index < -0.39 is 24.7 Å². The zero-order valence-electron chi connectivity index (χ0n) is 7.98. The van der Waals surface area contributed by atoms with E-state index in [0.29, 0.717) is 0 Å². The summed E-state index contributed by atoms with van der Waals surface area (Å²) in [5, 5.41) is 20.5. The maximum atomic E-state index is 11.2. The Labute approximate surface area is 81.1 Å². The average Bonchev–Trinajstić information content (AvgIpc) is 2.53. The number of hydrogen-bond donors (Lipinski definition) is 3. The monoisotopic (exact) mass is 203 g/mol. The molecule has 0 aliphatic carbocycles. The standard InChI is InChI=1S/C8H13NO5/c1-13-6-5(4(11)3-10)9-8(12)7(6)14-2/h4-5,10-11H,3H2,1-2H3,(H,9,12)/t4-,5+/m0/s1. The van der Waals surface area contributed by atoms with E-state index in [0.717, 1.165) is 0 Å². The molecule has 0 spiro atoms. The number of rotatable bonds is 4. The van der Waals surface area contributed by atoms with Crippen molar-refractivity contribution in [2.24, 2.45) is 0 Å². The first-order valence-corrected chi connectivity index (χ1v) is 4.07. The van der Waals surface area contributed by atoms with Gasteiger partial charge in [0.05, 0.1) is 20.8 Å². The van der Waals surface area contributed by atoms with Crippen molar-refractivity contribution in [3.8, 4) is 0 Å². The van der Waals surface area contributed by atoms with Crippen LogP contribution in [0, 0.1) is 0 Å². The van der Waals surface area contributed by atoms with E-state index in [2.05, 4.69) is 5.32 Å². The quantitative estimate of drug-likeness (QED) is 0.509. The molecule has 0 bridgehead atoms. The Kier molecular flexibility index (Phi) is 3.32. The summed E-state index contributed by atoms with van der Waals surface area (Å²) in [7, 11) is 2.70. The minimum absolute atomic E-state index is 0.0324. The molecule has 1 aliphatic heterocycles. The van der Waals surface area contributed by atoms with E-state index >= 15 is 0 Å². The van der Waals surface area contributed by atoms with Crippen LogP contribution in [0.25, 0.3) is 0 Å². The van der Waals surface area contributed by atoms with E-state index in [9.17, 15) is 9.90 Å². The number of nitrogens with one attached hydrogen (secondary N) is 1. The normalized spacial score (nSPS) is 23.4. The Balaban J connectivity index is 2.92. The van der Waals surface area contributed by atoms with Gasteiger partial charge in [-0.15, -0.1) is 0 Å².